The van der Waals surface area contributed by atoms with Crippen LogP contribution in [-0.2, 0) is 9.59 Å². The Morgan fingerprint density at radius 1 is 1.08 bits per heavy atom. The number of fused-ring (bicyclic) bond motifs is 2. The molecule has 4 aromatic rings. The Balaban J connectivity index is 1.52. The summed E-state index contributed by atoms with van der Waals surface area (Å²) in [6, 6.07) is 22.6. The summed E-state index contributed by atoms with van der Waals surface area (Å²) in [7, 11) is 0. The molecule has 0 fully saturated rings. The van der Waals surface area contributed by atoms with Gasteiger partial charge >= 0.3 is 0 Å². The van der Waals surface area contributed by atoms with E-state index >= 15 is 0 Å². The zero-order valence-corrected chi connectivity index (χ0v) is 20.2. The van der Waals surface area contributed by atoms with E-state index in [4.69, 9.17) is 5.26 Å². The number of hydrogen-bond donors (Lipinski definition) is 1. The van der Waals surface area contributed by atoms with E-state index in [1.165, 1.54) is 4.57 Å². The molecular formula is C27H21N5O3S. The van der Waals surface area contributed by atoms with Gasteiger partial charge in [-0.2, -0.15) is 5.26 Å². The number of nitrogens with one attached hydrogen (secondary N) is 1. The number of hydrogen-bond acceptors (Lipinski definition) is 6. The number of benzene rings is 3. The summed E-state index contributed by atoms with van der Waals surface area (Å²) in [4.78, 5) is 45.6. The largest absolute Gasteiger partial charge is 0.324 e. The minimum absolute atomic E-state index is 0.00786. The maximum Gasteiger partial charge on any atom is 0.266 e. The molecule has 0 spiro atoms. The lowest BCUT2D eigenvalue weighted by atomic mass is 10.2. The van der Waals surface area contributed by atoms with E-state index in [9.17, 15) is 14.4 Å². The Bertz CT molecular complexity index is 1590. The van der Waals surface area contributed by atoms with Gasteiger partial charge in [0.05, 0.1) is 45.4 Å². The third kappa shape index (κ3) is 4.34. The molecule has 1 unspecified atom stereocenters. The number of para-hydroxylation sites is 3. The van der Waals surface area contributed by atoms with Gasteiger partial charge in [-0.15, -0.1) is 0 Å². The molecule has 1 atom stereocenters. The van der Waals surface area contributed by atoms with Crippen LogP contribution in [0.1, 0.15) is 18.9 Å². The van der Waals surface area contributed by atoms with Gasteiger partial charge in [-0.1, -0.05) is 36.0 Å². The van der Waals surface area contributed by atoms with Crippen molar-refractivity contribution in [2.45, 2.75) is 24.5 Å². The van der Waals surface area contributed by atoms with E-state index in [1.807, 2.05) is 19.1 Å². The molecule has 3 aromatic carbocycles. The summed E-state index contributed by atoms with van der Waals surface area (Å²) in [6.07, 6.45) is 0.176. The van der Waals surface area contributed by atoms with Crippen LogP contribution in [0.3, 0.4) is 0 Å². The van der Waals surface area contributed by atoms with Crippen LogP contribution in [0.4, 0.5) is 11.4 Å². The molecule has 0 radical (unpaired) electrons. The number of thioether (sulfide) groups is 1. The van der Waals surface area contributed by atoms with Crippen molar-refractivity contribution in [2.75, 3.05) is 16.0 Å². The van der Waals surface area contributed by atoms with Gasteiger partial charge in [-0.25, -0.2) is 4.98 Å². The SMILES string of the molecule is CC1CC(=O)Nc2ccccc2N1C(=O)CSc1nc2ccccc2c(=O)n1-c1ccc(C#N)cc1. The molecule has 0 aliphatic carbocycles. The third-order valence-electron chi connectivity index (χ3n) is 5.95. The number of anilines is 2. The van der Waals surface area contributed by atoms with Crippen molar-refractivity contribution in [3.05, 3.63) is 88.7 Å². The minimum atomic E-state index is -0.341. The predicted octanol–water partition coefficient (Wildman–Crippen LogP) is 4.11. The van der Waals surface area contributed by atoms with E-state index in [-0.39, 0.29) is 35.6 Å². The predicted molar refractivity (Wildman–Crippen MR) is 139 cm³/mol. The molecule has 0 bridgehead atoms. The number of aromatic nitrogens is 2. The maximum atomic E-state index is 13.5. The molecule has 5 rings (SSSR count). The average Bonchev–Trinajstić information content (AvgIpc) is 3.01. The third-order valence-corrected chi connectivity index (χ3v) is 6.88. The van der Waals surface area contributed by atoms with Gasteiger partial charge in [0.15, 0.2) is 5.16 Å². The molecular weight excluding hydrogens is 474 g/mol. The Hall–Kier alpha value is -4.42. The number of carbonyl (C=O) groups excluding carboxylic acids is 2. The quantitative estimate of drug-likeness (QED) is 0.337. The zero-order valence-electron chi connectivity index (χ0n) is 19.3. The molecule has 9 heteroatoms. The van der Waals surface area contributed by atoms with Crippen LogP contribution in [0.25, 0.3) is 16.6 Å². The molecule has 2 heterocycles. The highest BCUT2D eigenvalue weighted by atomic mass is 32.2. The van der Waals surface area contributed by atoms with Crippen LogP contribution in [0.15, 0.2) is 82.7 Å². The Morgan fingerprint density at radius 2 is 1.81 bits per heavy atom. The zero-order chi connectivity index (χ0) is 25.2. The fraction of sp³-hybridized carbons (Fsp3) is 0.148. The Morgan fingerprint density at radius 3 is 2.58 bits per heavy atom. The van der Waals surface area contributed by atoms with E-state index in [1.54, 1.807) is 65.6 Å². The fourth-order valence-electron chi connectivity index (χ4n) is 4.29. The first-order chi connectivity index (χ1) is 17.5. The molecule has 1 aliphatic rings. The lowest BCUT2D eigenvalue weighted by Gasteiger charge is -2.27. The van der Waals surface area contributed by atoms with Gasteiger partial charge in [0, 0.05) is 12.5 Å². The second-order valence-corrected chi connectivity index (χ2v) is 9.32. The summed E-state index contributed by atoms with van der Waals surface area (Å²) >= 11 is 1.16. The van der Waals surface area contributed by atoms with Crippen LogP contribution < -0.4 is 15.8 Å². The Kier molecular flexibility index (Phi) is 6.27. The van der Waals surface area contributed by atoms with Gasteiger partial charge in [-0.05, 0) is 55.5 Å². The van der Waals surface area contributed by atoms with Crippen molar-refractivity contribution < 1.29 is 9.59 Å². The van der Waals surface area contributed by atoms with Crippen molar-refractivity contribution in [2.24, 2.45) is 0 Å². The highest BCUT2D eigenvalue weighted by molar-refractivity contribution is 7.99. The summed E-state index contributed by atoms with van der Waals surface area (Å²) in [5.41, 5.74) is 2.52. The normalized spacial score (nSPS) is 15.1. The van der Waals surface area contributed by atoms with Crippen molar-refractivity contribution in [3.63, 3.8) is 0 Å². The molecule has 178 valence electrons. The monoisotopic (exact) mass is 495 g/mol. The van der Waals surface area contributed by atoms with Gasteiger partial charge in [0.1, 0.15) is 0 Å². The number of amides is 2. The smallest absolute Gasteiger partial charge is 0.266 e. The highest BCUT2D eigenvalue weighted by Gasteiger charge is 2.29. The molecule has 1 aliphatic heterocycles. The van der Waals surface area contributed by atoms with Crippen molar-refractivity contribution in [3.8, 4) is 11.8 Å². The topological polar surface area (TPSA) is 108 Å². The first-order valence-electron chi connectivity index (χ1n) is 11.3. The van der Waals surface area contributed by atoms with Crippen LogP contribution >= 0.6 is 11.8 Å². The molecule has 0 saturated carbocycles. The van der Waals surface area contributed by atoms with E-state index in [2.05, 4.69) is 16.4 Å². The summed E-state index contributed by atoms with van der Waals surface area (Å²) in [5, 5.41) is 12.8. The number of nitrogens with zero attached hydrogens (tertiary/aromatic N) is 4. The molecule has 1 N–H and O–H groups in total. The summed E-state index contributed by atoms with van der Waals surface area (Å²) in [6.45, 7) is 1.84. The summed E-state index contributed by atoms with van der Waals surface area (Å²) in [5.74, 6) is -0.345. The van der Waals surface area contributed by atoms with Crippen LogP contribution in [0.2, 0.25) is 0 Å². The van der Waals surface area contributed by atoms with Crippen LogP contribution in [-0.4, -0.2) is 33.2 Å². The van der Waals surface area contributed by atoms with Gasteiger partial charge in [0.2, 0.25) is 11.8 Å². The van der Waals surface area contributed by atoms with Gasteiger partial charge in [0.25, 0.3) is 5.56 Å². The van der Waals surface area contributed by atoms with Gasteiger partial charge in [-0.3, -0.25) is 19.0 Å². The van der Waals surface area contributed by atoms with Gasteiger partial charge < -0.3 is 10.2 Å². The lowest BCUT2D eigenvalue weighted by Crippen LogP contribution is -2.40. The van der Waals surface area contributed by atoms with E-state index in [0.29, 0.717) is 38.7 Å². The number of nitriles is 1. The Labute approximate surface area is 211 Å². The van der Waals surface area contributed by atoms with Crippen molar-refractivity contribution >= 4 is 45.9 Å². The highest BCUT2D eigenvalue weighted by Crippen LogP contribution is 2.32. The van der Waals surface area contributed by atoms with E-state index in [0.717, 1.165) is 11.8 Å². The lowest BCUT2D eigenvalue weighted by molar-refractivity contribution is -0.117. The van der Waals surface area contributed by atoms with Crippen molar-refractivity contribution in [1.29, 1.82) is 5.26 Å². The second-order valence-electron chi connectivity index (χ2n) is 8.38. The van der Waals surface area contributed by atoms with Crippen molar-refractivity contribution in [1.82, 2.24) is 9.55 Å². The molecule has 8 nitrogen and oxygen atoms in total. The summed E-state index contributed by atoms with van der Waals surface area (Å²) < 4.78 is 1.46. The van der Waals surface area contributed by atoms with E-state index < -0.39 is 0 Å². The van der Waals surface area contributed by atoms with Crippen LogP contribution in [0, 0.1) is 11.3 Å². The molecule has 1 aromatic heterocycles. The fourth-order valence-corrected chi connectivity index (χ4v) is 5.16. The average molecular weight is 496 g/mol. The molecule has 36 heavy (non-hydrogen) atoms. The molecule has 0 saturated heterocycles. The van der Waals surface area contributed by atoms with Crippen LogP contribution in [0.5, 0.6) is 0 Å². The number of carbonyl (C=O) groups is 2. The molecule has 2 amide bonds. The standard InChI is InChI=1S/C27H21N5O3S/c1-17-14-24(33)29-22-8-4-5-9-23(22)31(17)25(34)16-36-27-30-21-7-3-2-6-20(21)26(35)32(27)19-12-10-18(15-28)11-13-19/h2-13,17H,14,16H2,1H3,(H,29,33). The second kappa shape index (κ2) is 9.68. The first-order valence-corrected chi connectivity index (χ1v) is 12.3. The number of rotatable bonds is 4. The first kappa shape index (κ1) is 23.3. The maximum absolute atomic E-state index is 13.5. The minimum Gasteiger partial charge on any atom is -0.324 e.